The second kappa shape index (κ2) is 7.51. The Balaban J connectivity index is 1.70. The van der Waals surface area contributed by atoms with Crippen molar-refractivity contribution in [2.45, 2.75) is 32.7 Å². The zero-order chi connectivity index (χ0) is 19.8. The molecule has 0 unspecified atom stereocenters. The van der Waals surface area contributed by atoms with E-state index < -0.39 is 0 Å². The second-order valence-electron chi connectivity index (χ2n) is 8.54. The maximum Gasteiger partial charge on any atom is 0.251 e. The van der Waals surface area contributed by atoms with Crippen LogP contribution in [-0.2, 0) is 6.54 Å². The summed E-state index contributed by atoms with van der Waals surface area (Å²) < 4.78 is 1.96. The Labute approximate surface area is 165 Å². The molecule has 0 saturated carbocycles. The maximum atomic E-state index is 12.9. The number of nitrogens with one attached hydrogen (secondary N) is 1. The molecule has 0 radical (unpaired) electrons. The molecule has 1 saturated heterocycles. The molecule has 2 aromatic heterocycles. The van der Waals surface area contributed by atoms with E-state index in [2.05, 4.69) is 35.1 Å². The molecule has 28 heavy (non-hydrogen) atoms. The van der Waals surface area contributed by atoms with Crippen molar-refractivity contribution in [2.75, 3.05) is 26.7 Å². The van der Waals surface area contributed by atoms with Gasteiger partial charge in [-0.2, -0.15) is 0 Å². The van der Waals surface area contributed by atoms with Gasteiger partial charge >= 0.3 is 0 Å². The van der Waals surface area contributed by atoms with E-state index >= 15 is 0 Å². The number of carbonyl (C=O) groups excluding carboxylic acids is 1. The summed E-state index contributed by atoms with van der Waals surface area (Å²) in [6.07, 6.45) is 2.77. The average Bonchev–Trinajstić information content (AvgIpc) is 2.67. The van der Waals surface area contributed by atoms with Crippen LogP contribution in [0.4, 0.5) is 0 Å². The van der Waals surface area contributed by atoms with Crippen LogP contribution < -0.4 is 10.9 Å². The summed E-state index contributed by atoms with van der Waals surface area (Å²) in [6.45, 7) is 8.50. The smallest absolute Gasteiger partial charge is 0.251 e. The fraction of sp³-hybridized carbons (Fsp3) is 0.500. The highest BCUT2D eigenvalue weighted by Gasteiger charge is 2.35. The maximum absolute atomic E-state index is 12.9. The number of nitrogens with zero attached hydrogens (tertiary/aromatic N) is 3. The number of amides is 1. The van der Waals surface area contributed by atoms with Gasteiger partial charge in [-0.05, 0) is 36.5 Å². The van der Waals surface area contributed by atoms with Gasteiger partial charge in [0.25, 0.3) is 11.5 Å². The topological polar surface area (TPSA) is 67.2 Å². The second-order valence-corrected chi connectivity index (χ2v) is 8.54. The van der Waals surface area contributed by atoms with Crippen molar-refractivity contribution in [1.82, 2.24) is 19.8 Å². The lowest BCUT2D eigenvalue weighted by molar-refractivity contribution is 0.0963. The van der Waals surface area contributed by atoms with Crippen LogP contribution in [0.2, 0.25) is 0 Å². The lowest BCUT2D eigenvalue weighted by Crippen LogP contribution is -2.48. The van der Waals surface area contributed by atoms with Crippen molar-refractivity contribution >= 4 is 5.91 Å². The molecule has 1 N–H and O–H groups in total. The molecule has 2 bridgehead atoms. The molecule has 6 nitrogen and oxygen atoms in total. The van der Waals surface area contributed by atoms with Crippen LogP contribution in [0.1, 0.15) is 42.2 Å². The van der Waals surface area contributed by atoms with Gasteiger partial charge in [-0.3, -0.25) is 14.6 Å². The van der Waals surface area contributed by atoms with Gasteiger partial charge in [-0.1, -0.05) is 13.8 Å². The highest BCUT2D eigenvalue weighted by molar-refractivity contribution is 5.94. The monoisotopic (exact) mass is 380 g/mol. The number of fused-ring (bicyclic) bond motifs is 4. The number of aromatic nitrogens is 2. The van der Waals surface area contributed by atoms with Gasteiger partial charge in [0, 0.05) is 68.2 Å². The van der Waals surface area contributed by atoms with E-state index in [1.807, 2.05) is 4.57 Å². The molecule has 0 aromatic carbocycles. The minimum absolute atomic E-state index is 0.0339. The highest BCUT2D eigenvalue weighted by Crippen LogP contribution is 2.36. The molecule has 148 valence electrons. The van der Waals surface area contributed by atoms with Crippen molar-refractivity contribution in [2.24, 2.45) is 11.8 Å². The molecular formula is C22H28N4O2. The first kappa shape index (κ1) is 18.9. The van der Waals surface area contributed by atoms with E-state index in [1.54, 1.807) is 31.4 Å². The molecule has 0 spiro atoms. The number of likely N-dealkylation sites (tertiary alicyclic amines) is 1. The van der Waals surface area contributed by atoms with E-state index in [9.17, 15) is 9.59 Å². The summed E-state index contributed by atoms with van der Waals surface area (Å²) in [7, 11) is 1.61. The number of rotatable bonds is 4. The Kier molecular flexibility index (Phi) is 5.06. The SMILES string of the molecule is CNC(=O)c1ccnc(-c2cc3n(c(=O)c2)C[C@H]2C[C@@H]3CN(CC(C)C)C2)c1. The Bertz CT molecular complexity index is 950. The van der Waals surface area contributed by atoms with E-state index in [1.165, 1.54) is 0 Å². The third-order valence-electron chi connectivity index (χ3n) is 5.80. The third kappa shape index (κ3) is 3.61. The summed E-state index contributed by atoms with van der Waals surface area (Å²) in [6, 6.07) is 7.20. The van der Waals surface area contributed by atoms with Gasteiger partial charge in [-0.25, -0.2) is 0 Å². The number of piperidine rings is 1. The lowest BCUT2D eigenvalue weighted by atomic mass is 9.82. The molecule has 1 amide bonds. The van der Waals surface area contributed by atoms with Crippen LogP contribution in [0.3, 0.4) is 0 Å². The normalized spacial score (nSPS) is 21.4. The molecular weight excluding hydrogens is 352 g/mol. The van der Waals surface area contributed by atoms with E-state index in [4.69, 9.17) is 0 Å². The van der Waals surface area contributed by atoms with Crippen LogP contribution in [0.5, 0.6) is 0 Å². The quantitative estimate of drug-likeness (QED) is 0.884. The molecule has 2 aromatic rings. The van der Waals surface area contributed by atoms with Gasteiger partial charge in [0.1, 0.15) is 0 Å². The standard InChI is InChI=1S/C22H28N4O2/c1-14(2)10-25-11-15-6-18(13-25)20-8-17(9-21(27)26(20)12-15)19-7-16(4-5-24-19)22(28)23-3/h4-5,7-9,14-15,18H,6,10-13H2,1-3H3,(H,23,28)/t15-,18+/m0/s1. The molecule has 6 heteroatoms. The predicted octanol–water partition coefficient (Wildman–Crippen LogP) is 2.34. The van der Waals surface area contributed by atoms with E-state index in [0.29, 0.717) is 29.0 Å². The van der Waals surface area contributed by atoms with Crippen molar-refractivity contribution in [3.63, 3.8) is 0 Å². The van der Waals surface area contributed by atoms with Crippen molar-refractivity contribution in [3.05, 3.63) is 52.1 Å². The van der Waals surface area contributed by atoms with Crippen LogP contribution >= 0.6 is 0 Å². The minimum atomic E-state index is -0.155. The first-order valence-corrected chi connectivity index (χ1v) is 10.1. The molecule has 2 atom stereocenters. The Hall–Kier alpha value is -2.47. The fourth-order valence-electron chi connectivity index (χ4n) is 4.75. The fourth-order valence-corrected chi connectivity index (χ4v) is 4.75. The third-order valence-corrected chi connectivity index (χ3v) is 5.80. The molecule has 2 aliphatic heterocycles. The molecule has 4 rings (SSSR count). The van der Waals surface area contributed by atoms with Crippen molar-refractivity contribution in [1.29, 1.82) is 0 Å². The predicted molar refractivity (Wildman–Crippen MR) is 109 cm³/mol. The summed E-state index contributed by atoms with van der Waals surface area (Å²) in [5.41, 5.74) is 3.15. The summed E-state index contributed by atoms with van der Waals surface area (Å²) >= 11 is 0. The Morgan fingerprint density at radius 2 is 2.07 bits per heavy atom. The van der Waals surface area contributed by atoms with Crippen LogP contribution in [-0.4, -0.2) is 47.0 Å². The lowest BCUT2D eigenvalue weighted by Gasteiger charge is -2.43. The molecule has 1 fully saturated rings. The molecule has 4 heterocycles. The van der Waals surface area contributed by atoms with Gasteiger partial charge in [0.15, 0.2) is 0 Å². The van der Waals surface area contributed by atoms with Gasteiger partial charge in [0.05, 0.1) is 5.69 Å². The number of pyridine rings is 2. The largest absolute Gasteiger partial charge is 0.355 e. The average molecular weight is 380 g/mol. The van der Waals surface area contributed by atoms with Gasteiger partial charge < -0.3 is 14.8 Å². The van der Waals surface area contributed by atoms with Crippen molar-refractivity contribution in [3.8, 4) is 11.3 Å². The van der Waals surface area contributed by atoms with E-state index in [-0.39, 0.29) is 11.5 Å². The van der Waals surface area contributed by atoms with Crippen molar-refractivity contribution < 1.29 is 4.79 Å². The number of hydrogen-bond acceptors (Lipinski definition) is 4. The van der Waals surface area contributed by atoms with Gasteiger partial charge in [-0.15, -0.1) is 0 Å². The number of carbonyl (C=O) groups is 1. The summed E-state index contributed by atoms with van der Waals surface area (Å²) in [4.78, 5) is 31.8. The van der Waals surface area contributed by atoms with Crippen LogP contribution in [0.15, 0.2) is 35.3 Å². The molecule has 0 aliphatic carbocycles. The van der Waals surface area contributed by atoms with E-state index in [0.717, 1.165) is 43.9 Å². The first-order chi connectivity index (χ1) is 13.4. The van der Waals surface area contributed by atoms with Crippen LogP contribution in [0.25, 0.3) is 11.3 Å². The Morgan fingerprint density at radius 1 is 1.25 bits per heavy atom. The Morgan fingerprint density at radius 3 is 2.82 bits per heavy atom. The summed E-state index contributed by atoms with van der Waals surface area (Å²) in [5.74, 6) is 1.41. The zero-order valence-corrected chi connectivity index (χ0v) is 16.8. The van der Waals surface area contributed by atoms with Gasteiger partial charge in [0.2, 0.25) is 0 Å². The zero-order valence-electron chi connectivity index (χ0n) is 16.8. The summed E-state index contributed by atoms with van der Waals surface area (Å²) in [5, 5.41) is 2.63. The minimum Gasteiger partial charge on any atom is -0.355 e. The highest BCUT2D eigenvalue weighted by atomic mass is 16.1. The molecule has 2 aliphatic rings. The number of hydrogen-bond donors (Lipinski definition) is 1. The van der Waals surface area contributed by atoms with Crippen LogP contribution in [0, 0.1) is 11.8 Å². The first-order valence-electron chi connectivity index (χ1n) is 10.1.